The number of benzene rings is 1. The van der Waals surface area contributed by atoms with Gasteiger partial charge in [0.1, 0.15) is 6.10 Å². The maximum atomic E-state index is 10.3. The second-order valence-corrected chi connectivity index (χ2v) is 4.80. The zero-order valence-corrected chi connectivity index (χ0v) is 9.95. The molecule has 0 saturated heterocycles. The summed E-state index contributed by atoms with van der Waals surface area (Å²) in [5, 5.41) is 20.5. The van der Waals surface area contributed by atoms with Crippen LogP contribution in [0.2, 0.25) is 0 Å². The predicted molar refractivity (Wildman–Crippen MR) is 68.4 cm³/mol. The Balaban J connectivity index is 2.17. The van der Waals surface area contributed by atoms with Gasteiger partial charge in [-0.05, 0) is 12.0 Å². The number of rotatable bonds is 3. The van der Waals surface area contributed by atoms with Gasteiger partial charge in [-0.3, -0.25) is 0 Å². The molecule has 1 unspecified atom stereocenters. The van der Waals surface area contributed by atoms with Gasteiger partial charge in [-0.2, -0.15) is 0 Å². The van der Waals surface area contributed by atoms with Gasteiger partial charge in [0.25, 0.3) is 0 Å². The largest absolute Gasteiger partial charge is 0.389 e. The Kier molecular flexibility index (Phi) is 3.46. The maximum Gasteiger partial charge on any atom is 0.106 e. The fourth-order valence-electron chi connectivity index (χ4n) is 2.16. The van der Waals surface area contributed by atoms with Crippen LogP contribution in [0, 0.1) is 5.41 Å². The number of allylic oxidation sites excluding steroid dienone is 3. The van der Waals surface area contributed by atoms with Gasteiger partial charge in [-0.1, -0.05) is 61.6 Å². The summed E-state index contributed by atoms with van der Waals surface area (Å²) in [4.78, 5) is 0. The quantitative estimate of drug-likeness (QED) is 0.838. The van der Waals surface area contributed by atoms with Crippen molar-refractivity contribution in [2.75, 3.05) is 0 Å². The summed E-state index contributed by atoms with van der Waals surface area (Å²) < 4.78 is 0. The van der Waals surface area contributed by atoms with Gasteiger partial charge in [0, 0.05) is 5.41 Å². The molecule has 2 rings (SSSR count). The van der Waals surface area contributed by atoms with Crippen molar-refractivity contribution >= 4 is 0 Å². The van der Waals surface area contributed by atoms with E-state index in [9.17, 15) is 10.2 Å². The molecule has 1 aliphatic carbocycles. The van der Waals surface area contributed by atoms with Crippen LogP contribution in [-0.2, 0) is 0 Å². The molecule has 0 bridgehead atoms. The maximum absolute atomic E-state index is 10.3. The average molecular weight is 230 g/mol. The Bertz CT molecular complexity index is 422. The Labute approximate surface area is 102 Å². The molecule has 2 N–H and O–H groups in total. The van der Waals surface area contributed by atoms with Gasteiger partial charge in [0.15, 0.2) is 0 Å². The molecule has 0 amide bonds. The third-order valence-electron chi connectivity index (χ3n) is 3.40. The van der Waals surface area contributed by atoms with Crippen LogP contribution in [0.25, 0.3) is 0 Å². The highest BCUT2D eigenvalue weighted by atomic mass is 16.3. The van der Waals surface area contributed by atoms with Crippen LogP contribution in [0.5, 0.6) is 0 Å². The van der Waals surface area contributed by atoms with Gasteiger partial charge in [0.05, 0.1) is 6.10 Å². The third kappa shape index (κ3) is 2.48. The van der Waals surface area contributed by atoms with E-state index in [1.54, 1.807) is 0 Å². The molecule has 0 saturated carbocycles. The van der Waals surface area contributed by atoms with Crippen LogP contribution in [0.3, 0.4) is 0 Å². The van der Waals surface area contributed by atoms with Crippen molar-refractivity contribution in [1.29, 1.82) is 0 Å². The topological polar surface area (TPSA) is 40.5 Å². The van der Waals surface area contributed by atoms with Gasteiger partial charge < -0.3 is 10.2 Å². The Morgan fingerprint density at radius 2 is 1.82 bits per heavy atom. The van der Waals surface area contributed by atoms with Crippen molar-refractivity contribution in [2.45, 2.75) is 25.6 Å². The number of aliphatic hydroxyl groups is 2. The van der Waals surface area contributed by atoms with Crippen molar-refractivity contribution in [3.05, 3.63) is 60.2 Å². The summed E-state index contributed by atoms with van der Waals surface area (Å²) >= 11 is 0. The molecule has 0 heterocycles. The van der Waals surface area contributed by atoms with Crippen LogP contribution in [0.1, 0.15) is 25.0 Å². The highest BCUT2D eigenvalue weighted by Gasteiger charge is 2.35. The van der Waals surface area contributed by atoms with E-state index in [0.717, 1.165) is 12.0 Å². The monoisotopic (exact) mass is 230 g/mol. The SMILES string of the molecule is CC1([C@@H](O)[C@H](O)c2ccccc2)C=CC=CC1. The molecule has 17 heavy (non-hydrogen) atoms. The molecule has 2 heteroatoms. The first kappa shape index (κ1) is 12.1. The van der Waals surface area contributed by atoms with E-state index in [2.05, 4.69) is 0 Å². The van der Waals surface area contributed by atoms with Crippen molar-refractivity contribution in [2.24, 2.45) is 5.41 Å². The Hall–Kier alpha value is -1.38. The van der Waals surface area contributed by atoms with E-state index < -0.39 is 17.6 Å². The van der Waals surface area contributed by atoms with E-state index in [4.69, 9.17) is 0 Å². The highest BCUT2D eigenvalue weighted by Crippen LogP contribution is 2.37. The lowest BCUT2D eigenvalue weighted by Crippen LogP contribution is -2.36. The first-order valence-corrected chi connectivity index (χ1v) is 5.89. The summed E-state index contributed by atoms with van der Waals surface area (Å²) in [5.41, 5.74) is 0.355. The molecule has 0 spiro atoms. The summed E-state index contributed by atoms with van der Waals surface area (Å²) in [6.45, 7) is 1.96. The predicted octanol–water partition coefficient (Wildman–Crippen LogP) is 2.60. The molecule has 1 aromatic rings. The number of hydrogen-bond donors (Lipinski definition) is 2. The summed E-state index contributed by atoms with van der Waals surface area (Å²) in [5.74, 6) is 0. The molecule has 0 aromatic heterocycles. The van der Waals surface area contributed by atoms with Gasteiger partial charge >= 0.3 is 0 Å². The molecule has 3 atom stereocenters. The molecule has 0 fully saturated rings. The summed E-state index contributed by atoms with van der Waals surface area (Å²) in [7, 11) is 0. The van der Waals surface area contributed by atoms with Gasteiger partial charge in [-0.25, -0.2) is 0 Å². The molecule has 0 aliphatic heterocycles. The molecule has 2 nitrogen and oxygen atoms in total. The zero-order chi connectivity index (χ0) is 12.3. The first-order valence-electron chi connectivity index (χ1n) is 5.89. The van der Waals surface area contributed by atoms with E-state index in [1.165, 1.54) is 0 Å². The normalized spacial score (nSPS) is 26.8. The smallest absolute Gasteiger partial charge is 0.106 e. The fraction of sp³-hybridized carbons (Fsp3) is 0.333. The molecule has 1 aromatic carbocycles. The fourth-order valence-corrected chi connectivity index (χ4v) is 2.16. The van der Waals surface area contributed by atoms with Gasteiger partial charge in [0.2, 0.25) is 0 Å². The number of hydrogen-bond acceptors (Lipinski definition) is 2. The highest BCUT2D eigenvalue weighted by molar-refractivity contribution is 5.23. The molecule has 1 aliphatic rings. The van der Waals surface area contributed by atoms with E-state index >= 15 is 0 Å². The van der Waals surface area contributed by atoms with Crippen LogP contribution in [0.15, 0.2) is 54.6 Å². The molecular formula is C15H18O2. The first-order chi connectivity index (χ1) is 8.13. The molecule has 90 valence electrons. The van der Waals surface area contributed by atoms with Crippen LogP contribution in [-0.4, -0.2) is 16.3 Å². The number of aliphatic hydroxyl groups excluding tert-OH is 2. The van der Waals surface area contributed by atoms with E-state index in [-0.39, 0.29) is 0 Å². The summed E-state index contributed by atoms with van der Waals surface area (Å²) in [6.07, 6.45) is 6.95. The average Bonchev–Trinajstić information content (AvgIpc) is 2.39. The molecular weight excluding hydrogens is 212 g/mol. The Morgan fingerprint density at radius 3 is 2.41 bits per heavy atom. The van der Waals surface area contributed by atoms with Gasteiger partial charge in [-0.15, -0.1) is 0 Å². The minimum absolute atomic E-state index is 0.399. The van der Waals surface area contributed by atoms with Crippen molar-refractivity contribution < 1.29 is 10.2 Å². The van der Waals surface area contributed by atoms with Crippen LogP contribution in [0.4, 0.5) is 0 Å². The minimum atomic E-state index is -0.850. The van der Waals surface area contributed by atoms with Crippen molar-refractivity contribution in [3.63, 3.8) is 0 Å². The van der Waals surface area contributed by atoms with Crippen molar-refractivity contribution in [1.82, 2.24) is 0 Å². The third-order valence-corrected chi connectivity index (χ3v) is 3.40. The van der Waals surface area contributed by atoms with Crippen LogP contribution < -0.4 is 0 Å². The van der Waals surface area contributed by atoms with Crippen molar-refractivity contribution in [3.8, 4) is 0 Å². The van der Waals surface area contributed by atoms with E-state index in [0.29, 0.717) is 0 Å². The van der Waals surface area contributed by atoms with Crippen LogP contribution >= 0.6 is 0 Å². The van der Waals surface area contributed by atoms with E-state index in [1.807, 2.05) is 61.6 Å². The minimum Gasteiger partial charge on any atom is -0.389 e. The Morgan fingerprint density at radius 1 is 1.12 bits per heavy atom. The lowest BCUT2D eigenvalue weighted by Gasteiger charge is -2.35. The second-order valence-electron chi connectivity index (χ2n) is 4.80. The lowest BCUT2D eigenvalue weighted by atomic mass is 9.75. The summed E-state index contributed by atoms with van der Waals surface area (Å²) in [6, 6.07) is 9.29. The lowest BCUT2D eigenvalue weighted by molar-refractivity contribution is -0.0407. The zero-order valence-electron chi connectivity index (χ0n) is 9.95. The molecule has 0 radical (unpaired) electrons. The second kappa shape index (κ2) is 4.86. The standard InChI is InChI=1S/C15H18O2/c1-15(10-6-3-7-11-15)14(17)13(16)12-8-4-2-5-9-12/h2-10,13-14,16-17H,11H2,1H3/t13-,14+,15?/m1/s1.